The molecule has 4 nitrogen and oxygen atoms in total. The number of benzene rings is 1. The monoisotopic (exact) mass is 286 g/mol. The van der Waals surface area contributed by atoms with Gasteiger partial charge in [0.05, 0.1) is 5.75 Å². The van der Waals surface area contributed by atoms with Gasteiger partial charge in [-0.05, 0) is 31.0 Å². The fourth-order valence-corrected chi connectivity index (χ4v) is 2.60. The van der Waals surface area contributed by atoms with E-state index in [9.17, 15) is 8.42 Å². The van der Waals surface area contributed by atoms with Crippen molar-refractivity contribution in [3.8, 4) is 0 Å². The lowest BCUT2D eigenvalue weighted by atomic mass is 10.1. The number of aromatic amines is 1. The van der Waals surface area contributed by atoms with Gasteiger partial charge in [0.1, 0.15) is 0 Å². The van der Waals surface area contributed by atoms with Gasteiger partial charge in [-0.15, -0.1) is 0 Å². The van der Waals surface area contributed by atoms with E-state index in [1.807, 2.05) is 24.4 Å². The molecule has 0 saturated carbocycles. The third-order valence-corrected chi connectivity index (χ3v) is 4.46. The maximum atomic E-state index is 11.3. The third kappa shape index (κ3) is 3.04. The van der Waals surface area contributed by atoms with Crippen molar-refractivity contribution in [3.63, 3.8) is 0 Å². The van der Waals surface area contributed by atoms with E-state index in [4.69, 9.17) is 11.6 Å². The van der Waals surface area contributed by atoms with E-state index in [1.54, 1.807) is 6.92 Å². The molecule has 0 spiro atoms. The zero-order chi connectivity index (χ0) is 13.2. The summed E-state index contributed by atoms with van der Waals surface area (Å²) >= 11 is 5.90. The molecule has 98 valence electrons. The van der Waals surface area contributed by atoms with E-state index in [2.05, 4.69) is 9.71 Å². The van der Waals surface area contributed by atoms with Gasteiger partial charge in [0.15, 0.2) is 0 Å². The second-order valence-corrected chi connectivity index (χ2v) is 6.58. The molecule has 2 aromatic rings. The lowest BCUT2D eigenvalue weighted by molar-refractivity contribution is 0.583. The van der Waals surface area contributed by atoms with Crippen LogP contribution in [0.25, 0.3) is 10.9 Å². The Morgan fingerprint density at radius 3 is 2.89 bits per heavy atom. The van der Waals surface area contributed by atoms with Crippen LogP contribution in [0.1, 0.15) is 12.5 Å². The van der Waals surface area contributed by atoms with E-state index < -0.39 is 10.0 Å². The summed E-state index contributed by atoms with van der Waals surface area (Å²) in [5.74, 6) is 0.108. The molecule has 2 N–H and O–H groups in total. The van der Waals surface area contributed by atoms with Gasteiger partial charge >= 0.3 is 0 Å². The van der Waals surface area contributed by atoms with E-state index in [-0.39, 0.29) is 5.75 Å². The van der Waals surface area contributed by atoms with Crippen LogP contribution in [0.2, 0.25) is 5.02 Å². The average Bonchev–Trinajstić information content (AvgIpc) is 2.71. The number of hydrogen-bond donors (Lipinski definition) is 2. The van der Waals surface area contributed by atoms with E-state index in [0.717, 1.165) is 16.5 Å². The first kappa shape index (κ1) is 13.4. The minimum absolute atomic E-state index is 0.108. The summed E-state index contributed by atoms with van der Waals surface area (Å²) in [5.41, 5.74) is 2.05. The largest absolute Gasteiger partial charge is 0.361 e. The molecule has 0 aliphatic rings. The zero-order valence-corrected chi connectivity index (χ0v) is 11.6. The van der Waals surface area contributed by atoms with E-state index >= 15 is 0 Å². The quantitative estimate of drug-likeness (QED) is 0.886. The predicted molar refractivity (Wildman–Crippen MR) is 74.5 cm³/mol. The number of rotatable bonds is 5. The topological polar surface area (TPSA) is 62.0 Å². The zero-order valence-electron chi connectivity index (χ0n) is 10.0. The summed E-state index contributed by atoms with van der Waals surface area (Å²) in [4.78, 5) is 3.13. The second kappa shape index (κ2) is 5.30. The number of fused-ring (bicyclic) bond motifs is 1. The Kier molecular flexibility index (Phi) is 3.94. The van der Waals surface area contributed by atoms with Crippen molar-refractivity contribution in [2.75, 3.05) is 12.3 Å². The highest BCUT2D eigenvalue weighted by Crippen LogP contribution is 2.22. The lowest BCUT2D eigenvalue weighted by Crippen LogP contribution is -2.27. The van der Waals surface area contributed by atoms with E-state index in [1.165, 1.54) is 0 Å². The summed E-state index contributed by atoms with van der Waals surface area (Å²) < 4.78 is 25.2. The number of sulfonamides is 1. The van der Waals surface area contributed by atoms with Crippen molar-refractivity contribution in [1.29, 1.82) is 0 Å². The molecule has 0 atom stereocenters. The van der Waals surface area contributed by atoms with Gasteiger partial charge in [-0.2, -0.15) is 0 Å². The number of aromatic nitrogens is 1. The first-order chi connectivity index (χ1) is 8.52. The summed E-state index contributed by atoms with van der Waals surface area (Å²) in [5, 5.41) is 1.76. The molecule has 0 aliphatic carbocycles. The fraction of sp³-hybridized carbons (Fsp3) is 0.333. The molecule has 0 aliphatic heterocycles. The first-order valence-corrected chi connectivity index (χ1v) is 7.77. The molecule has 18 heavy (non-hydrogen) atoms. The highest BCUT2D eigenvalue weighted by molar-refractivity contribution is 7.89. The molecule has 1 aromatic carbocycles. The maximum Gasteiger partial charge on any atom is 0.211 e. The van der Waals surface area contributed by atoms with Crippen LogP contribution in [-0.2, 0) is 16.4 Å². The summed E-state index contributed by atoms with van der Waals surface area (Å²) in [6.45, 7) is 2.03. The summed E-state index contributed by atoms with van der Waals surface area (Å²) in [6.07, 6.45) is 2.54. The van der Waals surface area contributed by atoms with Crippen molar-refractivity contribution >= 4 is 32.5 Å². The molecule has 6 heteroatoms. The van der Waals surface area contributed by atoms with Gasteiger partial charge in [0, 0.05) is 28.7 Å². The normalized spacial score (nSPS) is 12.1. The van der Waals surface area contributed by atoms with Crippen molar-refractivity contribution in [1.82, 2.24) is 9.71 Å². The fourth-order valence-electron chi connectivity index (χ4n) is 1.81. The number of hydrogen-bond acceptors (Lipinski definition) is 2. The van der Waals surface area contributed by atoms with Crippen LogP contribution in [0, 0.1) is 0 Å². The standard InChI is InChI=1S/C12H15ClN2O2S/c1-2-18(16,17)15-6-5-9-8-14-12-7-10(13)3-4-11(9)12/h3-4,7-8,14-15H,2,5-6H2,1H3. The molecule has 1 aromatic heterocycles. The predicted octanol–water partition coefficient (Wildman–Crippen LogP) is 2.30. The Bertz CT molecular complexity index is 649. The van der Waals surface area contributed by atoms with Crippen LogP contribution >= 0.6 is 11.6 Å². The Morgan fingerprint density at radius 1 is 1.39 bits per heavy atom. The van der Waals surface area contributed by atoms with Gasteiger partial charge in [-0.3, -0.25) is 0 Å². The van der Waals surface area contributed by atoms with E-state index in [0.29, 0.717) is 18.0 Å². The van der Waals surface area contributed by atoms with Gasteiger partial charge < -0.3 is 4.98 Å². The Hall–Kier alpha value is -1.04. The van der Waals surface area contributed by atoms with Gasteiger partial charge in [0.25, 0.3) is 0 Å². The number of halogens is 1. The SMILES string of the molecule is CCS(=O)(=O)NCCc1c[nH]c2cc(Cl)ccc12. The summed E-state index contributed by atoms with van der Waals surface area (Å²) in [7, 11) is -3.11. The van der Waals surface area contributed by atoms with Crippen LogP contribution < -0.4 is 4.72 Å². The molecule has 0 bridgehead atoms. The smallest absolute Gasteiger partial charge is 0.211 e. The second-order valence-electron chi connectivity index (χ2n) is 4.05. The molecule has 2 rings (SSSR count). The van der Waals surface area contributed by atoms with Crippen LogP contribution in [0.15, 0.2) is 24.4 Å². The van der Waals surface area contributed by atoms with Crippen LogP contribution in [0.5, 0.6) is 0 Å². The van der Waals surface area contributed by atoms with Crippen LogP contribution in [-0.4, -0.2) is 25.7 Å². The Balaban J connectivity index is 2.09. The van der Waals surface area contributed by atoms with Crippen molar-refractivity contribution in [2.24, 2.45) is 0 Å². The first-order valence-electron chi connectivity index (χ1n) is 5.74. The summed E-state index contributed by atoms with van der Waals surface area (Å²) in [6, 6.07) is 5.63. The molecular weight excluding hydrogens is 272 g/mol. The Morgan fingerprint density at radius 2 is 2.17 bits per heavy atom. The molecule has 0 saturated heterocycles. The van der Waals surface area contributed by atoms with Crippen molar-refractivity contribution in [2.45, 2.75) is 13.3 Å². The molecule has 0 fully saturated rings. The van der Waals surface area contributed by atoms with Gasteiger partial charge in [0.2, 0.25) is 10.0 Å². The molecule has 0 amide bonds. The lowest BCUT2D eigenvalue weighted by Gasteiger charge is -2.03. The Labute approximate surface area is 111 Å². The van der Waals surface area contributed by atoms with Crippen LogP contribution in [0.3, 0.4) is 0 Å². The number of nitrogens with one attached hydrogen (secondary N) is 2. The van der Waals surface area contributed by atoms with Gasteiger partial charge in [-0.1, -0.05) is 17.7 Å². The average molecular weight is 287 g/mol. The van der Waals surface area contributed by atoms with Gasteiger partial charge in [-0.25, -0.2) is 13.1 Å². The maximum absolute atomic E-state index is 11.3. The molecule has 0 radical (unpaired) electrons. The van der Waals surface area contributed by atoms with Crippen LogP contribution in [0.4, 0.5) is 0 Å². The molecular formula is C12H15ClN2O2S. The molecule has 0 unspecified atom stereocenters. The number of H-pyrrole nitrogens is 1. The minimum Gasteiger partial charge on any atom is -0.361 e. The van der Waals surface area contributed by atoms with Crippen molar-refractivity contribution < 1.29 is 8.42 Å². The highest BCUT2D eigenvalue weighted by atomic mass is 35.5. The molecule has 1 heterocycles. The minimum atomic E-state index is -3.11. The van der Waals surface area contributed by atoms with Crippen molar-refractivity contribution in [3.05, 3.63) is 35.0 Å². The third-order valence-electron chi connectivity index (χ3n) is 2.83. The highest BCUT2D eigenvalue weighted by Gasteiger charge is 2.07.